The lowest BCUT2D eigenvalue weighted by Crippen LogP contribution is -2.26. The van der Waals surface area contributed by atoms with Crippen LogP contribution in [0.5, 0.6) is 0 Å². The van der Waals surface area contributed by atoms with Crippen LogP contribution in [0.4, 0.5) is 5.82 Å². The van der Waals surface area contributed by atoms with Gasteiger partial charge in [0.25, 0.3) is 0 Å². The van der Waals surface area contributed by atoms with E-state index >= 15 is 0 Å². The minimum atomic E-state index is 0.770. The molecule has 2 aromatic heterocycles. The summed E-state index contributed by atoms with van der Waals surface area (Å²) in [6.45, 7) is 4.47. The summed E-state index contributed by atoms with van der Waals surface area (Å²) in [5.74, 6) is 2.58. The van der Waals surface area contributed by atoms with Crippen LogP contribution in [-0.2, 0) is 0 Å². The topological polar surface area (TPSA) is 53.9 Å². The fraction of sp³-hybridized carbons (Fsp3) is 0.462. The van der Waals surface area contributed by atoms with Gasteiger partial charge >= 0.3 is 0 Å². The van der Waals surface area contributed by atoms with E-state index in [9.17, 15) is 0 Å². The number of hydrogen-bond acceptors (Lipinski definition) is 5. The van der Waals surface area contributed by atoms with Crippen molar-refractivity contribution in [2.45, 2.75) is 0 Å². The first-order valence-electron chi connectivity index (χ1n) is 6.42. The van der Waals surface area contributed by atoms with Crippen LogP contribution in [0.3, 0.4) is 0 Å². The fourth-order valence-corrected chi connectivity index (χ4v) is 3.17. The van der Waals surface area contributed by atoms with Crippen LogP contribution in [0.25, 0.3) is 10.9 Å². The Bertz CT molecular complexity index is 567. The minimum absolute atomic E-state index is 0.770. The molecule has 0 aliphatic carbocycles. The van der Waals surface area contributed by atoms with Gasteiger partial charge in [-0.05, 0) is 17.9 Å². The summed E-state index contributed by atoms with van der Waals surface area (Å²) in [5.41, 5.74) is 0.977. The maximum atomic E-state index is 4.47. The highest BCUT2D eigenvalue weighted by molar-refractivity contribution is 5.88. The average Bonchev–Trinajstić information content (AvgIpc) is 2.99. The molecule has 2 aromatic rings. The number of fused-ring (bicyclic) bond motifs is 2. The molecule has 0 radical (unpaired) electrons. The van der Waals surface area contributed by atoms with Crippen LogP contribution in [0, 0.1) is 11.8 Å². The number of hydrogen-bond donors (Lipinski definition) is 1. The molecule has 0 unspecified atom stereocenters. The van der Waals surface area contributed by atoms with Gasteiger partial charge in [-0.1, -0.05) is 0 Å². The Morgan fingerprint density at radius 1 is 1.17 bits per heavy atom. The second-order valence-corrected chi connectivity index (χ2v) is 5.17. The van der Waals surface area contributed by atoms with Crippen molar-refractivity contribution >= 4 is 16.7 Å². The average molecular weight is 241 g/mol. The van der Waals surface area contributed by atoms with Crippen LogP contribution in [0.15, 0.2) is 24.8 Å². The van der Waals surface area contributed by atoms with Gasteiger partial charge in [-0.25, -0.2) is 9.97 Å². The van der Waals surface area contributed by atoms with Crippen molar-refractivity contribution in [2.24, 2.45) is 11.8 Å². The van der Waals surface area contributed by atoms with Crippen molar-refractivity contribution in [1.82, 2.24) is 20.3 Å². The molecule has 1 N–H and O–H groups in total. The number of nitrogens with one attached hydrogen (secondary N) is 1. The largest absolute Gasteiger partial charge is 0.355 e. The zero-order chi connectivity index (χ0) is 11.9. The SMILES string of the molecule is c1cc2ncnc(N3C[C@H]4CNC[C@H]4C3)c2cn1. The highest BCUT2D eigenvalue weighted by Gasteiger charge is 2.37. The molecule has 18 heavy (non-hydrogen) atoms. The molecule has 0 bridgehead atoms. The summed E-state index contributed by atoms with van der Waals surface area (Å²) >= 11 is 0. The van der Waals surface area contributed by atoms with E-state index in [-0.39, 0.29) is 0 Å². The summed E-state index contributed by atoms with van der Waals surface area (Å²) in [7, 11) is 0. The van der Waals surface area contributed by atoms with E-state index < -0.39 is 0 Å². The molecule has 0 aromatic carbocycles. The van der Waals surface area contributed by atoms with Gasteiger partial charge in [-0.15, -0.1) is 0 Å². The first-order valence-corrected chi connectivity index (χ1v) is 6.42. The quantitative estimate of drug-likeness (QED) is 0.795. The molecule has 2 atom stereocenters. The Balaban J connectivity index is 1.75. The molecule has 0 spiro atoms. The molecule has 5 nitrogen and oxygen atoms in total. The molecule has 4 rings (SSSR count). The first kappa shape index (κ1) is 10.2. The predicted molar refractivity (Wildman–Crippen MR) is 69.4 cm³/mol. The second-order valence-electron chi connectivity index (χ2n) is 5.17. The molecule has 0 amide bonds. The lowest BCUT2D eigenvalue weighted by atomic mass is 10.0. The fourth-order valence-electron chi connectivity index (χ4n) is 3.17. The zero-order valence-corrected chi connectivity index (χ0v) is 10.1. The normalized spacial score (nSPS) is 26.8. The van der Waals surface area contributed by atoms with Crippen molar-refractivity contribution in [2.75, 3.05) is 31.1 Å². The highest BCUT2D eigenvalue weighted by atomic mass is 15.2. The van der Waals surface area contributed by atoms with Crippen LogP contribution < -0.4 is 10.2 Å². The van der Waals surface area contributed by atoms with Crippen molar-refractivity contribution in [1.29, 1.82) is 0 Å². The van der Waals surface area contributed by atoms with Crippen molar-refractivity contribution in [3.8, 4) is 0 Å². The zero-order valence-electron chi connectivity index (χ0n) is 10.1. The van der Waals surface area contributed by atoms with Gasteiger partial charge in [0.2, 0.25) is 0 Å². The van der Waals surface area contributed by atoms with Gasteiger partial charge in [0.15, 0.2) is 0 Å². The van der Waals surface area contributed by atoms with E-state index in [1.807, 2.05) is 12.3 Å². The Kier molecular flexibility index (Phi) is 2.20. The molecular weight excluding hydrogens is 226 g/mol. The van der Waals surface area contributed by atoms with Crippen molar-refractivity contribution < 1.29 is 0 Å². The van der Waals surface area contributed by atoms with Gasteiger partial charge in [-0.3, -0.25) is 4.98 Å². The van der Waals surface area contributed by atoms with Gasteiger partial charge in [0.1, 0.15) is 12.1 Å². The van der Waals surface area contributed by atoms with Crippen LogP contribution >= 0.6 is 0 Å². The molecule has 4 heterocycles. The van der Waals surface area contributed by atoms with E-state index in [0.717, 1.165) is 54.7 Å². The molecule has 2 saturated heterocycles. The van der Waals surface area contributed by atoms with Crippen molar-refractivity contribution in [3.63, 3.8) is 0 Å². The number of anilines is 1. The lowest BCUT2D eigenvalue weighted by molar-refractivity contribution is 0.533. The first-order chi connectivity index (χ1) is 8.92. The van der Waals surface area contributed by atoms with E-state index in [1.54, 1.807) is 12.5 Å². The van der Waals surface area contributed by atoms with Crippen LogP contribution in [0.1, 0.15) is 0 Å². The highest BCUT2D eigenvalue weighted by Crippen LogP contribution is 2.32. The third-order valence-electron chi connectivity index (χ3n) is 4.10. The molecule has 92 valence electrons. The number of nitrogens with zero attached hydrogens (tertiary/aromatic N) is 4. The molecule has 5 heteroatoms. The monoisotopic (exact) mass is 241 g/mol. The molecule has 0 saturated carbocycles. The maximum absolute atomic E-state index is 4.47. The third kappa shape index (κ3) is 1.47. The third-order valence-corrected chi connectivity index (χ3v) is 4.10. The maximum Gasteiger partial charge on any atom is 0.141 e. The van der Waals surface area contributed by atoms with Crippen LogP contribution in [0.2, 0.25) is 0 Å². The number of rotatable bonds is 1. The van der Waals surface area contributed by atoms with E-state index in [2.05, 4.69) is 25.2 Å². The molecule has 2 aliphatic rings. The van der Waals surface area contributed by atoms with Crippen molar-refractivity contribution in [3.05, 3.63) is 24.8 Å². The van der Waals surface area contributed by atoms with E-state index in [0.29, 0.717) is 0 Å². The van der Waals surface area contributed by atoms with Gasteiger partial charge in [-0.2, -0.15) is 0 Å². The standard InChI is InChI=1S/C13H15N5/c1-2-14-5-11-12(1)16-8-17-13(11)18-6-9-3-15-4-10(9)7-18/h1-2,5,8-10,15H,3-4,6-7H2/t9-,10+. The van der Waals surface area contributed by atoms with Gasteiger partial charge < -0.3 is 10.2 Å². The molecule has 2 aliphatic heterocycles. The summed E-state index contributed by atoms with van der Waals surface area (Å²) in [5, 5.41) is 4.52. The minimum Gasteiger partial charge on any atom is -0.355 e. The smallest absolute Gasteiger partial charge is 0.141 e. The summed E-state index contributed by atoms with van der Waals surface area (Å²) in [4.78, 5) is 15.4. The molecule has 2 fully saturated rings. The van der Waals surface area contributed by atoms with Crippen LogP contribution in [-0.4, -0.2) is 41.1 Å². The predicted octanol–water partition coefficient (Wildman–Crippen LogP) is 0.680. The lowest BCUT2D eigenvalue weighted by Gasteiger charge is -2.19. The van der Waals surface area contributed by atoms with E-state index in [4.69, 9.17) is 0 Å². The Morgan fingerprint density at radius 2 is 2.00 bits per heavy atom. The Hall–Kier alpha value is -1.75. The van der Waals surface area contributed by atoms with Gasteiger partial charge in [0, 0.05) is 38.6 Å². The number of aromatic nitrogens is 3. The second kappa shape index (κ2) is 3.88. The summed E-state index contributed by atoms with van der Waals surface area (Å²) in [6.07, 6.45) is 5.31. The van der Waals surface area contributed by atoms with E-state index in [1.165, 1.54) is 0 Å². The summed E-state index contributed by atoms with van der Waals surface area (Å²) in [6, 6.07) is 1.94. The summed E-state index contributed by atoms with van der Waals surface area (Å²) < 4.78 is 0. The Labute approximate surface area is 105 Å². The Morgan fingerprint density at radius 3 is 2.83 bits per heavy atom. The van der Waals surface area contributed by atoms with Gasteiger partial charge in [0.05, 0.1) is 10.9 Å². The number of pyridine rings is 1. The molecular formula is C13H15N5.